The molecule has 0 amide bonds. The zero-order valence-corrected chi connectivity index (χ0v) is 13.2. The molecule has 0 heterocycles. The molecule has 0 atom stereocenters. The van der Waals surface area contributed by atoms with Crippen LogP contribution >= 0.6 is 0 Å². The summed E-state index contributed by atoms with van der Waals surface area (Å²) < 4.78 is 5.03. The Balaban J connectivity index is 0.000000437. The van der Waals surface area contributed by atoms with Crippen molar-refractivity contribution in [2.45, 2.75) is 13.1 Å². The Labute approximate surface area is 104 Å². The lowest BCUT2D eigenvalue weighted by molar-refractivity contribution is 0.0651. The molecular weight excluding hydrogens is 256 g/mol. The van der Waals surface area contributed by atoms with Crippen molar-refractivity contribution in [3.8, 4) is 0 Å². The number of benzene rings is 1. The van der Waals surface area contributed by atoms with Gasteiger partial charge in [0, 0.05) is 0 Å². The van der Waals surface area contributed by atoms with Gasteiger partial charge in [0.1, 0.15) is 10.5 Å². The highest BCUT2D eigenvalue weighted by atomic mass is 28.3. The van der Waals surface area contributed by atoms with Gasteiger partial charge in [-0.25, -0.2) is 9.59 Å². The van der Waals surface area contributed by atoms with E-state index < -0.39 is 21.0 Å². The maximum atomic E-state index is 10.5. The molecule has 0 saturated heterocycles. The van der Waals surface area contributed by atoms with Crippen LogP contribution in [0.25, 0.3) is 0 Å². The molecule has 0 spiro atoms. The first kappa shape index (κ1) is 15.6. The van der Waals surface area contributed by atoms with E-state index in [1.165, 1.54) is 24.3 Å². The van der Waals surface area contributed by atoms with Gasteiger partial charge in [-0.3, -0.25) is 0 Å². The molecule has 0 aromatic heterocycles. The van der Waals surface area contributed by atoms with Gasteiger partial charge in [-0.1, -0.05) is 12.1 Å². The van der Waals surface area contributed by atoms with Crippen molar-refractivity contribution in [2.24, 2.45) is 0 Å². The minimum absolute atomic E-state index is 0.190. The summed E-state index contributed by atoms with van der Waals surface area (Å²) in [6.45, 7) is 4.35. The molecule has 0 aliphatic rings. The van der Waals surface area contributed by atoms with Crippen LogP contribution in [0.4, 0.5) is 0 Å². The normalized spacial score (nSPS) is 9.59. The van der Waals surface area contributed by atoms with Gasteiger partial charge in [0.2, 0.25) is 0 Å². The maximum Gasteiger partial charge on any atom is 0.336 e. The summed E-state index contributed by atoms with van der Waals surface area (Å²) in [5, 5.41) is 17.1. The van der Waals surface area contributed by atoms with Crippen molar-refractivity contribution in [3.05, 3.63) is 35.4 Å². The Morgan fingerprint density at radius 3 is 1.59 bits per heavy atom. The molecule has 2 N–H and O–H groups in total. The number of rotatable bonds is 3. The summed E-state index contributed by atoms with van der Waals surface area (Å²) in [6.07, 6.45) is 0. The van der Waals surface area contributed by atoms with Gasteiger partial charge in [-0.05, 0) is 25.2 Å². The van der Waals surface area contributed by atoms with E-state index in [-0.39, 0.29) is 11.1 Å². The number of carbonyl (C=O) groups is 2. The van der Waals surface area contributed by atoms with Crippen molar-refractivity contribution in [2.75, 3.05) is 0 Å². The second kappa shape index (κ2) is 7.77. The molecule has 0 aliphatic carbocycles. The predicted molar refractivity (Wildman–Crippen MR) is 70.3 cm³/mol. The van der Waals surface area contributed by atoms with Gasteiger partial charge < -0.3 is 14.3 Å². The van der Waals surface area contributed by atoms with Crippen LogP contribution in [0.15, 0.2) is 24.3 Å². The fourth-order valence-corrected chi connectivity index (χ4v) is 0.856. The third-order valence-corrected chi connectivity index (χ3v) is 5.63. The highest BCUT2D eigenvalue weighted by Crippen LogP contribution is 2.07. The quantitative estimate of drug-likeness (QED) is 0.776. The number of hydrogen-bond donors (Lipinski definition) is 2. The predicted octanol–water partition coefficient (Wildman–Crippen LogP) is 0.350. The van der Waals surface area contributed by atoms with Gasteiger partial charge in [0.05, 0.1) is 11.1 Å². The third kappa shape index (κ3) is 6.00. The second-order valence-corrected chi connectivity index (χ2v) is 7.42. The summed E-state index contributed by atoms with van der Waals surface area (Å²) in [5.41, 5.74) is -0.380. The second-order valence-electron chi connectivity index (χ2n) is 3.44. The SMILES string of the molecule is C[SiH](C)O[SiH3].O=C(O)c1ccccc1C(=O)O. The molecule has 0 radical (unpaired) electrons. The lowest BCUT2D eigenvalue weighted by Gasteiger charge is -1.98. The molecule has 0 fully saturated rings. The summed E-state index contributed by atoms with van der Waals surface area (Å²) in [5.74, 6) is -2.46. The molecule has 1 aromatic carbocycles. The Kier molecular flexibility index (Phi) is 7.11. The maximum absolute atomic E-state index is 10.5. The lowest BCUT2D eigenvalue weighted by Crippen LogP contribution is -2.06. The van der Waals surface area contributed by atoms with Crippen LogP contribution in [0.5, 0.6) is 0 Å². The van der Waals surface area contributed by atoms with Gasteiger partial charge in [-0.15, -0.1) is 0 Å². The van der Waals surface area contributed by atoms with Crippen LogP contribution in [0.2, 0.25) is 13.1 Å². The van der Waals surface area contributed by atoms with E-state index in [2.05, 4.69) is 13.1 Å². The van der Waals surface area contributed by atoms with Crippen LogP contribution < -0.4 is 0 Å². The Morgan fingerprint density at radius 1 is 1.12 bits per heavy atom. The molecule has 0 saturated carbocycles. The number of hydrogen-bond acceptors (Lipinski definition) is 3. The van der Waals surface area contributed by atoms with E-state index in [0.717, 1.165) is 10.5 Å². The smallest absolute Gasteiger partial charge is 0.336 e. The molecule has 5 nitrogen and oxygen atoms in total. The monoisotopic (exact) mass is 272 g/mol. The van der Waals surface area contributed by atoms with Gasteiger partial charge in [-0.2, -0.15) is 0 Å². The van der Waals surface area contributed by atoms with Gasteiger partial charge in [0.25, 0.3) is 0 Å². The topological polar surface area (TPSA) is 83.8 Å². The van der Waals surface area contributed by atoms with Crippen LogP contribution in [0.1, 0.15) is 20.7 Å². The van der Waals surface area contributed by atoms with Crippen molar-refractivity contribution in [3.63, 3.8) is 0 Å². The Morgan fingerprint density at radius 2 is 1.41 bits per heavy atom. The molecule has 0 aliphatic heterocycles. The van der Waals surface area contributed by atoms with E-state index in [4.69, 9.17) is 14.3 Å². The van der Waals surface area contributed by atoms with Crippen molar-refractivity contribution >= 4 is 31.5 Å². The van der Waals surface area contributed by atoms with E-state index in [0.29, 0.717) is 0 Å². The molecule has 1 aromatic rings. The average molecular weight is 272 g/mol. The molecule has 1 rings (SSSR count). The standard InChI is InChI=1S/C8H6O4.C2H10OSi2/c9-7(10)5-3-1-2-4-6(5)8(11)12;1-5(2)3-4/h1-4H,(H,9,10)(H,11,12);5H,1-2,4H3. The summed E-state index contributed by atoms with van der Waals surface area (Å²) >= 11 is 0. The minimum Gasteiger partial charge on any atom is -0.478 e. The molecule has 0 bridgehead atoms. The van der Waals surface area contributed by atoms with Crippen molar-refractivity contribution in [1.29, 1.82) is 0 Å². The van der Waals surface area contributed by atoms with Crippen LogP contribution in [-0.2, 0) is 4.12 Å². The fraction of sp³-hybridized carbons (Fsp3) is 0.200. The summed E-state index contributed by atoms with van der Waals surface area (Å²) in [7, 11) is 0.347. The van der Waals surface area contributed by atoms with E-state index in [1.807, 2.05) is 0 Å². The van der Waals surface area contributed by atoms with E-state index in [9.17, 15) is 9.59 Å². The largest absolute Gasteiger partial charge is 0.478 e. The van der Waals surface area contributed by atoms with Gasteiger partial charge in [0.15, 0.2) is 9.04 Å². The molecule has 17 heavy (non-hydrogen) atoms. The summed E-state index contributed by atoms with van der Waals surface area (Å²) in [6, 6.07) is 5.48. The molecule has 7 heteroatoms. The number of carboxylic acids is 2. The van der Waals surface area contributed by atoms with Crippen LogP contribution in [0.3, 0.4) is 0 Å². The molecule has 94 valence electrons. The van der Waals surface area contributed by atoms with Crippen molar-refractivity contribution < 1.29 is 23.9 Å². The van der Waals surface area contributed by atoms with Gasteiger partial charge >= 0.3 is 11.9 Å². The Bertz CT molecular complexity index is 359. The highest BCUT2D eigenvalue weighted by Gasteiger charge is 2.13. The average Bonchev–Trinajstić information content (AvgIpc) is 2.29. The third-order valence-electron chi connectivity index (χ3n) is 1.86. The first-order chi connectivity index (χ1) is 7.90. The highest BCUT2D eigenvalue weighted by molar-refractivity contribution is 6.52. The van der Waals surface area contributed by atoms with E-state index >= 15 is 0 Å². The number of aromatic carboxylic acids is 2. The lowest BCUT2D eigenvalue weighted by atomic mass is 10.1. The van der Waals surface area contributed by atoms with E-state index in [1.54, 1.807) is 0 Å². The zero-order valence-electron chi connectivity index (χ0n) is 10.0. The van der Waals surface area contributed by atoms with Crippen LogP contribution in [-0.4, -0.2) is 41.7 Å². The minimum atomic E-state index is -1.23. The first-order valence-electron chi connectivity index (χ1n) is 4.98. The first-order valence-corrected chi connectivity index (χ1v) is 8.58. The van der Waals surface area contributed by atoms with Crippen LogP contribution in [0, 0.1) is 0 Å². The Hall–Kier alpha value is -1.45. The molecular formula is C10H16O5Si2. The van der Waals surface area contributed by atoms with Crippen molar-refractivity contribution in [1.82, 2.24) is 0 Å². The fourth-order valence-electron chi connectivity index (χ4n) is 0.856. The molecule has 0 unspecified atom stereocenters. The number of carboxylic acid groups (broad SMARTS) is 2. The summed E-state index contributed by atoms with van der Waals surface area (Å²) in [4.78, 5) is 20.9. The zero-order chi connectivity index (χ0) is 13.4.